The molecule has 32 heavy (non-hydrogen) atoms. The number of amides is 2. The zero-order valence-corrected chi connectivity index (χ0v) is 19.5. The molecule has 2 rings (SSSR count). The number of benzene rings is 2. The molecule has 0 aliphatic rings. The average Bonchev–Trinajstić information content (AvgIpc) is 2.73. The number of rotatable bonds is 9. The molecule has 0 saturated carbocycles. The molecule has 7 heteroatoms. The molecule has 0 bridgehead atoms. The summed E-state index contributed by atoms with van der Waals surface area (Å²) in [6.45, 7) is 8.15. The van der Waals surface area contributed by atoms with E-state index in [0.717, 1.165) is 25.0 Å². The number of ether oxygens (including phenoxy) is 2. The van der Waals surface area contributed by atoms with E-state index in [2.05, 4.69) is 29.7 Å². The van der Waals surface area contributed by atoms with Crippen molar-refractivity contribution in [3.63, 3.8) is 0 Å². The molecule has 2 aromatic rings. The first-order chi connectivity index (χ1) is 15.0. The summed E-state index contributed by atoms with van der Waals surface area (Å²) >= 11 is 0. The number of hydrogen-bond donors (Lipinski definition) is 3. The fraction of sp³-hybridized carbons (Fsp3) is 0.440. The molecule has 1 unspecified atom stereocenters. The van der Waals surface area contributed by atoms with Crippen LogP contribution in [-0.4, -0.2) is 34.9 Å². The number of alkyl carbamates (subject to hydrolysis) is 1. The molecule has 0 heterocycles. The summed E-state index contributed by atoms with van der Waals surface area (Å²) in [5.74, 6) is 0.791. The van der Waals surface area contributed by atoms with Crippen molar-refractivity contribution in [1.82, 2.24) is 5.32 Å². The smallest absolute Gasteiger partial charge is 0.408 e. The Morgan fingerprint density at radius 2 is 1.50 bits per heavy atom. The maximum atomic E-state index is 12.7. The Morgan fingerprint density at radius 1 is 0.938 bits per heavy atom. The number of aliphatic hydroxyl groups excluding tert-OH is 1. The van der Waals surface area contributed by atoms with Crippen LogP contribution in [0, 0.1) is 0 Å². The van der Waals surface area contributed by atoms with Crippen LogP contribution in [0.2, 0.25) is 0 Å². The molecule has 3 N–H and O–H groups in total. The van der Waals surface area contributed by atoms with Gasteiger partial charge in [-0.3, -0.25) is 4.79 Å². The van der Waals surface area contributed by atoms with Crippen LogP contribution < -0.4 is 15.4 Å². The van der Waals surface area contributed by atoms with Crippen molar-refractivity contribution in [1.29, 1.82) is 0 Å². The SMILES string of the molecule is CCCCc1ccc(Oc2ccc(NC(=O)C(C)(CO)NC(=O)OC(C)(C)C)cc2)cc1. The lowest BCUT2D eigenvalue weighted by atomic mass is 10.0. The van der Waals surface area contributed by atoms with Crippen LogP contribution in [0.15, 0.2) is 48.5 Å². The van der Waals surface area contributed by atoms with E-state index in [1.165, 1.54) is 12.5 Å². The van der Waals surface area contributed by atoms with Gasteiger partial charge in [-0.15, -0.1) is 0 Å². The third-order valence-electron chi connectivity index (χ3n) is 4.68. The fourth-order valence-corrected chi connectivity index (χ4v) is 2.81. The highest BCUT2D eigenvalue weighted by Crippen LogP contribution is 2.24. The standard InChI is InChI=1S/C25H34N2O5/c1-6-7-8-18-9-13-20(14-10-18)31-21-15-11-19(12-16-21)26-22(29)25(5,17-28)27-23(30)32-24(2,3)4/h9-16,28H,6-8,17H2,1-5H3,(H,26,29)(H,27,30). The van der Waals surface area contributed by atoms with Gasteiger partial charge < -0.3 is 25.2 Å². The molecular weight excluding hydrogens is 408 g/mol. The minimum atomic E-state index is -1.54. The lowest BCUT2D eigenvalue weighted by molar-refractivity contribution is -0.123. The molecule has 7 nitrogen and oxygen atoms in total. The van der Waals surface area contributed by atoms with E-state index in [1.54, 1.807) is 45.0 Å². The Morgan fingerprint density at radius 3 is 2.00 bits per heavy atom. The first-order valence-corrected chi connectivity index (χ1v) is 10.8. The lowest BCUT2D eigenvalue weighted by Gasteiger charge is -2.29. The van der Waals surface area contributed by atoms with Crippen LogP contribution in [0.25, 0.3) is 0 Å². The van der Waals surface area contributed by atoms with E-state index in [0.29, 0.717) is 11.4 Å². The first kappa shape index (κ1) is 25.2. The molecule has 1 atom stereocenters. The van der Waals surface area contributed by atoms with Crippen LogP contribution in [0.4, 0.5) is 10.5 Å². The van der Waals surface area contributed by atoms with Gasteiger partial charge in [0.2, 0.25) is 0 Å². The molecule has 0 aliphatic carbocycles. The number of carbonyl (C=O) groups excluding carboxylic acids is 2. The normalized spacial score (nSPS) is 13.1. The number of aryl methyl sites for hydroxylation is 1. The van der Waals surface area contributed by atoms with Gasteiger partial charge in [-0.2, -0.15) is 0 Å². The van der Waals surface area contributed by atoms with E-state index in [1.807, 2.05) is 12.1 Å². The van der Waals surface area contributed by atoms with E-state index in [9.17, 15) is 14.7 Å². The van der Waals surface area contributed by atoms with Crippen molar-refractivity contribution >= 4 is 17.7 Å². The van der Waals surface area contributed by atoms with Crippen molar-refractivity contribution in [3.05, 3.63) is 54.1 Å². The largest absolute Gasteiger partial charge is 0.457 e. The lowest BCUT2D eigenvalue weighted by Crippen LogP contribution is -2.58. The summed E-state index contributed by atoms with van der Waals surface area (Å²) in [7, 11) is 0. The summed E-state index contributed by atoms with van der Waals surface area (Å²) in [6.07, 6.45) is 2.60. The summed E-state index contributed by atoms with van der Waals surface area (Å²) in [4.78, 5) is 24.7. The number of aliphatic hydroxyl groups is 1. The molecule has 0 aromatic heterocycles. The van der Waals surface area contributed by atoms with Crippen molar-refractivity contribution in [2.24, 2.45) is 0 Å². The Labute approximate surface area is 190 Å². The number of anilines is 1. The molecule has 0 aliphatic heterocycles. The van der Waals surface area contributed by atoms with E-state index in [-0.39, 0.29) is 0 Å². The number of carbonyl (C=O) groups is 2. The van der Waals surface area contributed by atoms with Gasteiger partial charge in [0.1, 0.15) is 22.6 Å². The second-order valence-electron chi connectivity index (χ2n) is 8.95. The van der Waals surface area contributed by atoms with Crippen LogP contribution in [-0.2, 0) is 16.0 Å². The Kier molecular flexibility index (Phi) is 8.66. The average molecular weight is 443 g/mol. The molecular formula is C25H34N2O5. The minimum Gasteiger partial charge on any atom is -0.457 e. The van der Waals surface area contributed by atoms with E-state index >= 15 is 0 Å². The van der Waals surface area contributed by atoms with Gasteiger partial charge in [0, 0.05) is 5.69 Å². The minimum absolute atomic E-state index is 0.503. The van der Waals surface area contributed by atoms with Crippen LogP contribution in [0.1, 0.15) is 53.0 Å². The van der Waals surface area contributed by atoms with Crippen LogP contribution >= 0.6 is 0 Å². The van der Waals surface area contributed by atoms with Crippen molar-refractivity contribution < 1.29 is 24.2 Å². The van der Waals surface area contributed by atoms with Gasteiger partial charge in [0.25, 0.3) is 5.91 Å². The highest BCUT2D eigenvalue weighted by atomic mass is 16.6. The summed E-state index contributed by atoms with van der Waals surface area (Å²) in [5.41, 5.74) is -0.480. The zero-order valence-electron chi connectivity index (χ0n) is 19.5. The molecule has 0 fully saturated rings. The maximum Gasteiger partial charge on any atom is 0.408 e. The monoisotopic (exact) mass is 442 g/mol. The third kappa shape index (κ3) is 7.89. The predicted octanol–water partition coefficient (Wildman–Crippen LogP) is 5.04. The molecule has 0 spiro atoms. The number of unbranched alkanes of at least 4 members (excludes halogenated alkanes) is 1. The third-order valence-corrected chi connectivity index (χ3v) is 4.68. The Bertz CT molecular complexity index is 888. The summed E-state index contributed by atoms with van der Waals surface area (Å²) in [6, 6.07) is 14.9. The topological polar surface area (TPSA) is 96.9 Å². The molecule has 0 radical (unpaired) electrons. The molecule has 2 amide bonds. The predicted molar refractivity (Wildman–Crippen MR) is 125 cm³/mol. The van der Waals surface area contributed by atoms with Gasteiger partial charge in [-0.1, -0.05) is 25.5 Å². The van der Waals surface area contributed by atoms with Gasteiger partial charge in [0.05, 0.1) is 6.61 Å². The van der Waals surface area contributed by atoms with Crippen molar-refractivity contribution in [3.8, 4) is 11.5 Å². The fourth-order valence-electron chi connectivity index (χ4n) is 2.81. The molecule has 2 aromatic carbocycles. The van der Waals surface area contributed by atoms with Crippen LogP contribution in [0.3, 0.4) is 0 Å². The second-order valence-corrected chi connectivity index (χ2v) is 8.95. The number of hydrogen-bond acceptors (Lipinski definition) is 5. The van der Waals surface area contributed by atoms with Gasteiger partial charge in [-0.25, -0.2) is 4.79 Å². The van der Waals surface area contributed by atoms with Gasteiger partial charge in [-0.05, 0) is 82.5 Å². The van der Waals surface area contributed by atoms with E-state index in [4.69, 9.17) is 9.47 Å². The molecule has 0 saturated heterocycles. The van der Waals surface area contributed by atoms with Gasteiger partial charge >= 0.3 is 6.09 Å². The van der Waals surface area contributed by atoms with Crippen LogP contribution in [0.5, 0.6) is 11.5 Å². The number of nitrogens with one attached hydrogen (secondary N) is 2. The van der Waals surface area contributed by atoms with Gasteiger partial charge in [0.15, 0.2) is 0 Å². The van der Waals surface area contributed by atoms with E-state index < -0.39 is 29.7 Å². The highest BCUT2D eigenvalue weighted by Gasteiger charge is 2.36. The Hall–Kier alpha value is -3.06. The van der Waals surface area contributed by atoms with Crippen molar-refractivity contribution in [2.75, 3.05) is 11.9 Å². The zero-order chi connectivity index (χ0) is 23.8. The second kappa shape index (κ2) is 11.0. The first-order valence-electron chi connectivity index (χ1n) is 10.8. The quantitative estimate of drug-likeness (QED) is 0.506. The Balaban J connectivity index is 1.96. The maximum absolute atomic E-state index is 12.7. The molecule has 174 valence electrons. The summed E-state index contributed by atoms with van der Waals surface area (Å²) < 4.78 is 11.0. The summed E-state index contributed by atoms with van der Waals surface area (Å²) in [5, 5.41) is 14.8. The highest BCUT2D eigenvalue weighted by molar-refractivity contribution is 5.99. The van der Waals surface area contributed by atoms with Crippen molar-refractivity contribution in [2.45, 2.75) is 65.0 Å².